The minimum absolute atomic E-state index is 0.183. The second kappa shape index (κ2) is 5.15. The molecule has 102 valence electrons. The lowest BCUT2D eigenvalue weighted by Crippen LogP contribution is -2.18. The molecule has 0 amide bonds. The minimum atomic E-state index is -4.57. The fourth-order valence-corrected chi connectivity index (χ4v) is 2.84. The van der Waals surface area contributed by atoms with Gasteiger partial charge in [-0.15, -0.1) is 11.3 Å². The average molecular weight is 352 g/mol. The standard InChI is InChI=1S/C12H9BrF3NOS/c13-7-4-3-6(12(14,15)16)9(11(7)18)10(17)8-2-1-5-19-8/h1-5,10,18H,17H2/t10-/m0/s1. The highest BCUT2D eigenvalue weighted by Crippen LogP contribution is 2.43. The van der Waals surface area contributed by atoms with Crippen LogP contribution in [0.4, 0.5) is 13.2 Å². The Bertz CT molecular complexity index is 583. The van der Waals surface area contributed by atoms with Crippen LogP contribution in [0.25, 0.3) is 0 Å². The van der Waals surface area contributed by atoms with Crippen molar-refractivity contribution in [3.63, 3.8) is 0 Å². The molecule has 0 saturated carbocycles. The van der Waals surface area contributed by atoms with Gasteiger partial charge in [0.25, 0.3) is 0 Å². The van der Waals surface area contributed by atoms with Crippen molar-refractivity contribution in [3.8, 4) is 5.75 Å². The summed E-state index contributed by atoms with van der Waals surface area (Å²) in [6, 6.07) is 4.38. The second-order valence-corrected chi connectivity index (χ2v) is 5.68. The molecule has 1 heterocycles. The van der Waals surface area contributed by atoms with Gasteiger partial charge >= 0.3 is 6.18 Å². The summed E-state index contributed by atoms with van der Waals surface area (Å²) in [4.78, 5) is 0.555. The topological polar surface area (TPSA) is 46.2 Å². The smallest absolute Gasteiger partial charge is 0.416 e. The zero-order valence-electron chi connectivity index (χ0n) is 9.41. The number of alkyl halides is 3. The van der Waals surface area contributed by atoms with Gasteiger partial charge in [-0.3, -0.25) is 0 Å². The molecule has 0 aliphatic heterocycles. The van der Waals surface area contributed by atoms with Crippen LogP contribution in [0.1, 0.15) is 22.0 Å². The fourth-order valence-electron chi connectivity index (χ4n) is 1.75. The maximum absolute atomic E-state index is 13.0. The molecule has 19 heavy (non-hydrogen) atoms. The Balaban J connectivity index is 2.63. The van der Waals surface area contributed by atoms with E-state index in [1.165, 1.54) is 11.3 Å². The molecule has 0 unspecified atom stereocenters. The van der Waals surface area contributed by atoms with Crippen LogP contribution < -0.4 is 5.73 Å². The lowest BCUT2D eigenvalue weighted by atomic mass is 9.98. The van der Waals surface area contributed by atoms with E-state index >= 15 is 0 Å². The highest BCUT2D eigenvalue weighted by molar-refractivity contribution is 9.10. The molecule has 3 N–H and O–H groups in total. The van der Waals surface area contributed by atoms with E-state index in [0.29, 0.717) is 4.88 Å². The Labute approximate surface area is 119 Å². The highest BCUT2D eigenvalue weighted by Gasteiger charge is 2.37. The number of thiophene rings is 1. The Kier molecular flexibility index (Phi) is 3.89. The van der Waals surface area contributed by atoms with E-state index in [-0.39, 0.29) is 10.0 Å². The molecule has 7 heteroatoms. The number of phenolic OH excluding ortho intramolecular Hbond substituents is 1. The predicted molar refractivity (Wildman–Crippen MR) is 71.2 cm³/mol. The predicted octanol–water partition coefficient (Wildman–Crippen LogP) is 4.28. The molecule has 0 fully saturated rings. The molecule has 0 aliphatic rings. The van der Waals surface area contributed by atoms with Crippen LogP contribution in [0.15, 0.2) is 34.1 Å². The van der Waals surface area contributed by atoms with Gasteiger partial charge in [0, 0.05) is 10.4 Å². The zero-order chi connectivity index (χ0) is 14.2. The Morgan fingerprint density at radius 2 is 1.95 bits per heavy atom. The molecular formula is C12H9BrF3NOS. The van der Waals surface area contributed by atoms with Crippen molar-refractivity contribution in [2.45, 2.75) is 12.2 Å². The van der Waals surface area contributed by atoms with Gasteiger partial charge in [-0.25, -0.2) is 0 Å². The van der Waals surface area contributed by atoms with E-state index in [0.717, 1.165) is 12.1 Å². The molecule has 0 aliphatic carbocycles. The van der Waals surface area contributed by atoms with Crippen LogP contribution in [-0.4, -0.2) is 5.11 Å². The van der Waals surface area contributed by atoms with Gasteiger partial charge in [-0.1, -0.05) is 6.07 Å². The lowest BCUT2D eigenvalue weighted by Gasteiger charge is -2.19. The van der Waals surface area contributed by atoms with Gasteiger partial charge in [0.05, 0.1) is 16.1 Å². The zero-order valence-corrected chi connectivity index (χ0v) is 11.8. The van der Waals surface area contributed by atoms with Gasteiger partial charge in [-0.2, -0.15) is 13.2 Å². The van der Waals surface area contributed by atoms with Gasteiger partial charge in [0.1, 0.15) is 5.75 Å². The van der Waals surface area contributed by atoms with Crippen LogP contribution in [0.3, 0.4) is 0 Å². The van der Waals surface area contributed by atoms with Crippen LogP contribution >= 0.6 is 27.3 Å². The van der Waals surface area contributed by atoms with Crippen molar-refractivity contribution in [3.05, 3.63) is 50.1 Å². The van der Waals surface area contributed by atoms with Gasteiger partial charge < -0.3 is 10.8 Å². The van der Waals surface area contributed by atoms with E-state index in [2.05, 4.69) is 15.9 Å². The normalized spacial score (nSPS) is 13.5. The number of aromatic hydroxyl groups is 1. The summed E-state index contributed by atoms with van der Waals surface area (Å²) >= 11 is 4.25. The number of nitrogens with two attached hydrogens (primary N) is 1. The van der Waals surface area contributed by atoms with Gasteiger partial charge in [0.15, 0.2) is 0 Å². The molecule has 2 rings (SSSR count). The summed E-state index contributed by atoms with van der Waals surface area (Å²) in [5.74, 6) is -0.476. The molecule has 2 aromatic rings. The van der Waals surface area contributed by atoms with Crippen molar-refractivity contribution in [1.82, 2.24) is 0 Å². The van der Waals surface area contributed by atoms with Crippen molar-refractivity contribution in [2.24, 2.45) is 5.73 Å². The lowest BCUT2D eigenvalue weighted by molar-refractivity contribution is -0.138. The summed E-state index contributed by atoms with van der Waals surface area (Å²) in [6.07, 6.45) is -4.57. The third-order valence-electron chi connectivity index (χ3n) is 2.63. The van der Waals surface area contributed by atoms with Crippen LogP contribution in [0.2, 0.25) is 0 Å². The van der Waals surface area contributed by atoms with Crippen LogP contribution in [0.5, 0.6) is 5.75 Å². The van der Waals surface area contributed by atoms with E-state index in [9.17, 15) is 18.3 Å². The second-order valence-electron chi connectivity index (χ2n) is 3.85. The van der Waals surface area contributed by atoms with Crippen LogP contribution in [-0.2, 0) is 6.18 Å². The third kappa shape index (κ3) is 2.77. The first-order chi connectivity index (χ1) is 8.82. The fraction of sp³-hybridized carbons (Fsp3) is 0.167. The SMILES string of the molecule is N[C@@H](c1cccs1)c1c(C(F)(F)F)ccc(Br)c1O. The monoisotopic (exact) mass is 351 g/mol. The summed E-state index contributed by atoms with van der Waals surface area (Å²) in [5, 5.41) is 11.6. The molecule has 0 saturated heterocycles. The molecule has 1 aromatic heterocycles. The van der Waals surface area contributed by atoms with Crippen molar-refractivity contribution in [1.29, 1.82) is 0 Å². The number of rotatable bonds is 2. The molecule has 1 aromatic carbocycles. The van der Waals surface area contributed by atoms with Gasteiger partial charge in [0.2, 0.25) is 0 Å². The molecule has 0 radical (unpaired) electrons. The quantitative estimate of drug-likeness (QED) is 0.847. The molecule has 0 bridgehead atoms. The molecule has 2 nitrogen and oxygen atoms in total. The number of halogens is 4. The maximum atomic E-state index is 13.0. The van der Waals surface area contributed by atoms with E-state index in [4.69, 9.17) is 5.73 Å². The first-order valence-corrected chi connectivity index (χ1v) is 6.87. The van der Waals surface area contributed by atoms with E-state index in [1.54, 1.807) is 17.5 Å². The average Bonchev–Trinajstić information content (AvgIpc) is 2.83. The summed E-state index contributed by atoms with van der Waals surface area (Å²) in [7, 11) is 0. The van der Waals surface area contributed by atoms with Crippen molar-refractivity contribution < 1.29 is 18.3 Å². The largest absolute Gasteiger partial charge is 0.506 e. The first-order valence-electron chi connectivity index (χ1n) is 5.20. The Morgan fingerprint density at radius 3 is 2.47 bits per heavy atom. The number of phenols is 1. The summed E-state index contributed by atoms with van der Waals surface area (Å²) in [6.45, 7) is 0. The van der Waals surface area contributed by atoms with E-state index in [1.807, 2.05) is 0 Å². The molecule has 0 spiro atoms. The highest BCUT2D eigenvalue weighted by atomic mass is 79.9. The molecule has 1 atom stereocenters. The number of benzene rings is 1. The number of hydrogen-bond acceptors (Lipinski definition) is 3. The van der Waals surface area contributed by atoms with Crippen LogP contribution in [0, 0.1) is 0 Å². The third-order valence-corrected chi connectivity index (χ3v) is 4.23. The first kappa shape index (κ1) is 14.4. The summed E-state index contributed by atoms with van der Waals surface area (Å²) in [5.41, 5.74) is 4.62. The molecular weight excluding hydrogens is 343 g/mol. The minimum Gasteiger partial charge on any atom is -0.506 e. The van der Waals surface area contributed by atoms with Crippen molar-refractivity contribution in [2.75, 3.05) is 0 Å². The van der Waals surface area contributed by atoms with Gasteiger partial charge in [-0.05, 0) is 39.5 Å². The summed E-state index contributed by atoms with van der Waals surface area (Å²) < 4.78 is 39.1. The van der Waals surface area contributed by atoms with E-state index < -0.39 is 23.5 Å². The Morgan fingerprint density at radius 1 is 1.26 bits per heavy atom. The number of hydrogen-bond donors (Lipinski definition) is 2. The Hall–Kier alpha value is -1.05. The maximum Gasteiger partial charge on any atom is 0.416 e. The van der Waals surface area contributed by atoms with Crippen molar-refractivity contribution >= 4 is 27.3 Å².